The van der Waals surface area contributed by atoms with Gasteiger partial charge in [-0.15, -0.1) is 0 Å². The summed E-state index contributed by atoms with van der Waals surface area (Å²) in [5, 5.41) is 3.08. The molecule has 4 nitrogen and oxygen atoms in total. The zero-order valence-electron chi connectivity index (χ0n) is 15.8. The van der Waals surface area contributed by atoms with Gasteiger partial charge in [0.2, 0.25) is 5.95 Å². The Hall–Kier alpha value is -2.75. The quantitative estimate of drug-likeness (QED) is 0.769. The first-order chi connectivity index (χ1) is 12.5. The predicted octanol–water partition coefficient (Wildman–Crippen LogP) is 4.54. The molecule has 3 N–H and O–H groups in total. The number of halogens is 3. The van der Waals surface area contributed by atoms with Crippen molar-refractivity contribution in [2.75, 3.05) is 17.6 Å². The first kappa shape index (κ1) is 20.6. The van der Waals surface area contributed by atoms with E-state index in [-0.39, 0.29) is 5.82 Å². The molecule has 2 aromatic rings. The highest BCUT2D eigenvalue weighted by atomic mass is 19.4. The molecule has 0 bridgehead atoms. The van der Waals surface area contributed by atoms with Gasteiger partial charge in [-0.1, -0.05) is 30.9 Å². The van der Waals surface area contributed by atoms with Gasteiger partial charge in [-0.2, -0.15) is 18.2 Å². The van der Waals surface area contributed by atoms with Crippen LogP contribution in [-0.4, -0.2) is 16.5 Å². The third kappa shape index (κ3) is 5.13. The maximum absolute atomic E-state index is 12.7. The van der Waals surface area contributed by atoms with Gasteiger partial charge in [-0.05, 0) is 44.9 Å². The molecule has 0 radical (unpaired) electrons. The largest absolute Gasteiger partial charge is 0.416 e. The van der Waals surface area contributed by atoms with E-state index < -0.39 is 17.2 Å². The minimum absolute atomic E-state index is 0.275. The summed E-state index contributed by atoms with van der Waals surface area (Å²) in [5.74, 6) is 6.81. The molecule has 0 aliphatic rings. The Bertz CT molecular complexity index is 837. The standard InChI is InChI=1S/C20H23F3N4/c1-5-12-25-18-26-13(2)16(17(24)27-18)10-11-19(3,4)14-6-8-15(9-7-14)20(21,22)23/h6-9H,5,12H2,1-4H3,(H3,24,25,26,27). The molecule has 0 amide bonds. The van der Waals surface area contributed by atoms with Gasteiger partial charge >= 0.3 is 6.18 Å². The molecule has 1 heterocycles. The monoisotopic (exact) mass is 376 g/mol. The Morgan fingerprint density at radius 2 is 1.67 bits per heavy atom. The number of nitrogens with one attached hydrogen (secondary N) is 1. The molecule has 0 saturated carbocycles. The van der Waals surface area contributed by atoms with E-state index in [1.165, 1.54) is 12.1 Å². The van der Waals surface area contributed by atoms with Crippen LogP contribution < -0.4 is 11.1 Å². The van der Waals surface area contributed by atoms with Crippen molar-refractivity contribution in [2.45, 2.75) is 45.7 Å². The number of anilines is 2. The second-order valence-electron chi connectivity index (χ2n) is 6.77. The van der Waals surface area contributed by atoms with E-state index in [1.54, 1.807) is 6.92 Å². The number of nitrogen functional groups attached to an aromatic ring is 1. The second-order valence-corrected chi connectivity index (χ2v) is 6.77. The molecule has 7 heteroatoms. The van der Waals surface area contributed by atoms with Gasteiger partial charge in [0.1, 0.15) is 5.82 Å². The maximum Gasteiger partial charge on any atom is 0.416 e. The van der Waals surface area contributed by atoms with Crippen molar-refractivity contribution in [2.24, 2.45) is 0 Å². The van der Waals surface area contributed by atoms with Crippen molar-refractivity contribution in [1.29, 1.82) is 0 Å². The summed E-state index contributed by atoms with van der Waals surface area (Å²) in [6.45, 7) is 8.25. The van der Waals surface area contributed by atoms with Crippen molar-refractivity contribution >= 4 is 11.8 Å². The Morgan fingerprint density at radius 3 is 2.19 bits per heavy atom. The maximum atomic E-state index is 12.7. The average Bonchev–Trinajstić information content (AvgIpc) is 2.58. The van der Waals surface area contributed by atoms with Crippen LogP contribution in [0.5, 0.6) is 0 Å². The van der Waals surface area contributed by atoms with Gasteiger partial charge in [0.25, 0.3) is 0 Å². The van der Waals surface area contributed by atoms with Gasteiger partial charge in [0.15, 0.2) is 0 Å². The molecule has 0 aliphatic carbocycles. The lowest BCUT2D eigenvalue weighted by molar-refractivity contribution is -0.137. The minimum Gasteiger partial charge on any atom is -0.382 e. The molecule has 2 rings (SSSR count). The fraction of sp³-hybridized carbons (Fsp3) is 0.400. The third-order valence-electron chi connectivity index (χ3n) is 4.08. The van der Waals surface area contributed by atoms with E-state index in [9.17, 15) is 13.2 Å². The number of aromatic nitrogens is 2. The van der Waals surface area contributed by atoms with E-state index in [0.29, 0.717) is 22.8 Å². The second kappa shape index (κ2) is 7.87. The van der Waals surface area contributed by atoms with Gasteiger partial charge < -0.3 is 11.1 Å². The van der Waals surface area contributed by atoms with E-state index >= 15 is 0 Å². The molecule has 1 aromatic heterocycles. The SMILES string of the molecule is CCCNc1nc(C)c(C#CC(C)(C)c2ccc(C(F)(F)F)cc2)c(N)n1. The minimum atomic E-state index is -4.36. The van der Waals surface area contributed by atoms with Crippen LogP contribution in [-0.2, 0) is 11.6 Å². The highest BCUT2D eigenvalue weighted by Crippen LogP contribution is 2.31. The number of benzene rings is 1. The lowest BCUT2D eigenvalue weighted by Crippen LogP contribution is -2.15. The zero-order valence-corrected chi connectivity index (χ0v) is 15.8. The normalized spacial score (nSPS) is 11.7. The molecular weight excluding hydrogens is 353 g/mol. The molecule has 144 valence electrons. The van der Waals surface area contributed by atoms with Crippen LogP contribution >= 0.6 is 0 Å². The van der Waals surface area contributed by atoms with Crippen molar-refractivity contribution in [3.8, 4) is 11.8 Å². The number of rotatable bonds is 4. The number of nitrogens with two attached hydrogens (primary N) is 1. The van der Waals surface area contributed by atoms with E-state index in [2.05, 4.69) is 27.1 Å². The lowest BCUT2D eigenvalue weighted by Gasteiger charge is -2.19. The molecule has 27 heavy (non-hydrogen) atoms. The number of alkyl halides is 3. The van der Waals surface area contributed by atoms with Gasteiger partial charge in [0.05, 0.1) is 22.2 Å². The predicted molar refractivity (Wildman–Crippen MR) is 101 cm³/mol. The fourth-order valence-corrected chi connectivity index (χ4v) is 2.43. The Balaban J connectivity index is 2.30. The van der Waals surface area contributed by atoms with Crippen LogP contribution in [0.1, 0.15) is 49.6 Å². The molecule has 0 aliphatic heterocycles. The third-order valence-corrected chi connectivity index (χ3v) is 4.08. The number of aryl methyl sites for hydroxylation is 1. The summed E-state index contributed by atoms with van der Waals surface area (Å²) in [6, 6.07) is 5.02. The smallest absolute Gasteiger partial charge is 0.382 e. The number of hydrogen-bond donors (Lipinski definition) is 2. The molecule has 0 spiro atoms. The van der Waals surface area contributed by atoms with Gasteiger partial charge in [0, 0.05) is 6.54 Å². The number of nitrogens with zero attached hydrogens (tertiary/aromatic N) is 2. The van der Waals surface area contributed by atoms with Crippen LogP contribution in [0, 0.1) is 18.8 Å². The van der Waals surface area contributed by atoms with Gasteiger partial charge in [-0.3, -0.25) is 0 Å². The highest BCUT2D eigenvalue weighted by Gasteiger charge is 2.30. The summed E-state index contributed by atoms with van der Waals surface area (Å²) < 4.78 is 38.2. The van der Waals surface area contributed by atoms with E-state index in [0.717, 1.165) is 25.1 Å². The fourth-order valence-electron chi connectivity index (χ4n) is 2.43. The summed E-state index contributed by atoms with van der Waals surface area (Å²) in [7, 11) is 0. The van der Waals surface area contributed by atoms with Crippen LogP contribution in [0.2, 0.25) is 0 Å². The summed E-state index contributed by atoms with van der Waals surface area (Å²) in [5.41, 5.74) is 6.52. The molecular formula is C20H23F3N4. The first-order valence-corrected chi connectivity index (χ1v) is 8.63. The molecule has 0 unspecified atom stereocenters. The van der Waals surface area contributed by atoms with Crippen LogP contribution in [0.4, 0.5) is 24.9 Å². The molecule has 1 aromatic carbocycles. The van der Waals surface area contributed by atoms with Crippen molar-refractivity contribution in [1.82, 2.24) is 9.97 Å². The zero-order chi connectivity index (χ0) is 20.2. The first-order valence-electron chi connectivity index (χ1n) is 8.63. The summed E-state index contributed by atoms with van der Waals surface area (Å²) in [4.78, 5) is 8.57. The van der Waals surface area contributed by atoms with E-state index in [1.807, 2.05) is 20.8 Å². The lowest BCUT2D eigenvalue weighted by atomic mass is 9.84. The summed E-state index contributed by atoms with van der Waals surface area (Å²) >= 11 is 0. The van der Waals surface area contributed by atoms with Crippen molar-refractivity contribution in [3.63, 3.8) is 0 Å². The van der Waals surface area contributed by atoms with Crippen LogP contribution in [0.3, 0.4) is 0 Å². The van der Waals surface area contributed by atoms with E-state index in [4.69, 9.17) is 5.73 Å². The van der Waals surface area contributed by atoms with Crippen LogP contribution in [0.15, 0.2) is 24.3 Å². The van der Waals surface area contributed by atoms with Crippen molar-refractivity contribution < 1.29 is 13.2 Å². The summed E-state index contributed by atoms with van der Waals surface area (Å²) in [6.07, 6.45) is -3.42. The number of hydrogen-bond acceptors (Lipinski definition) is 4. The Labute approximate surface area is 157 Å². The molecule has 0 saturated heterocycles. The van der Waals surface area contributed by atoms with Crippen molar-refractivity contribution in [3.05, 3.63) is 46.6 Å². The topological polar surface area (TPSA) is 63.8 Å². The van der Waals surface area contributed by atoms with Gasteiger partial charge in [-0.25, -0.2) is 4.98 Å². The Kier molecular flexibility index (Phi) is 5.99. The van der Waals surface area contributed by atoms with Crippen LogP contribution in [0.25, 0.3) is 0 Å². The molecule has 0 fully saturated rings. The Morgan fingerprint density at radius 1 is 1.07 bits per heavy atom. The molecule has 0 atom stereocenters. The average molecular weight is 376 g/mol. The highest BCUT2D eigenvalue weighted by molar-refractivity contribution is 5.57.